The molecule has 12 rings (SSSR count). The molecule has 3 aliphatic rings. The summed E-state index contributed by atoms with van der Waals surface area (Å²) in [5.41, 5.74) is 13.8. The quantitative estimate of drug-likeness (QED) is 0.163. The van der Waals surface area contributed by atoms with E-state index in [1.165, 1.54) is 63.5 Å². The largest absolute Gasteiger partial charge is 0.310 e. The first-order valence-corrected chi connectivity index (χ1v) is 22.8. The monoisotopic (exact) mass is 836 g/mol. The molecule has 0 N–H and O–H groups in total. The van der Waals surface area contributed by atoms with E-state index < -0.39 is 0 Å². The third kappa shape index (κ3) is 6.27. The maximum atomic E-state index is 2.39. The zero-order valence-electron chi connectivity index (χ0n) is 32.8. The molecule has 0 saturated carbocycles. The van der Waals surface area contributed by atoms with Crippen molar-refractivity contribution in [3.63, 3.8) is 0 Å². The summed E-state index contributed by atoms with van der Waals surface area (Å²) in [4.78, 5) is 17.0. The van der Waals surface area contributed by atoms with Crippen molar-refractivity contribution < 1.29 is 0 Å². The summed E-state index contributed by atoms with van der Waals surface area (Å²) in [5.74, 6) is 0. The van der Waals surface area contributed by atoms with Gasteiger partial charge in [-0.05, 0) is 146 Å². The molecule has 3 heterocycles. The highest BCUT2D eigenvalue weighted by Gasteiger charge is 2.28. The molecule has 9 aromatic rings. The molecule has 0 bridgehead atoms. The standard InChI is InChI=1S/C54H36N4S3/c1-7-19-49-43(13-1)56(44-14-2-8-20-50(44)59-49)40-31-25-37(26-32-40)55(38-27-33-41(34-28-38)57-45-15-3-9-21-51(45)60-52-22-10-4-16-46(52)57)39-29-35-42(36-30-39)58-47-17-5-11-23-53(47)61-54-24-12-6-18-48(54)58/h1-36H. The van der Waals surface area contributed by atoms with Crippen LogP contribution in [0.25, 0.3) is 0 Å². The Morgan fingerprint density at radius 3 is 0.639 bits per heavy atom. The lowest BCUT2D eigenvalue weighted by Crippen LogP contribution is -2.16. The van der Waals surface area contributed by atoms with E-state index in [-0.39, 0.29) is 0 Å². The predicted octanol–water partition coefficient (Wildman–Crippen LogP) is 17.0. The first kappa shape index (κ1) is 36.1. The van der Waals surface area contributed by atoms with E-state index in [9.17, 15) is 0 Å². The number of benzene rings is 9. The molecule has 290 valence electrons. The van der Waals surface area contributed by atoms with Crippen molar-refractivity contribution in [3.05, 3.63) is 218 Å². The van der Waals surface area contributed by atoms with Crippen LogP contribution in [0, 0.1) is 0 Å². The Morgan fingerprint density at radius 2 is 0.426 bits per heavy atom. The van der Waals surface area contributed by atoms with Crippen LogP contribution in [-0.4, -0.2) is 0 Å². The molecule has 9 aromatic carbocycles. The Labute approximate surface area is 368 Å². The number of para-hydroxylation sites is 6. The smallest absolute Gasteiger partial charge is 0.0601 e. The van der Waals surface area contributed by atoms with Gasteiger partial charge in [0.1, 0.15) is 0 Å². The van der Waals surface area contributed by atoms with Gasteiger partial charge >= 0.3 is 0 Å². The van der Waals surface area contributed by atoms with Gasteiger partial charge in [-0.1, -0.05) is 108 Å². The van der Waals surface area contributed by atoms with Crippen molar-refractivity contribution in [2.75, 3.05) is 19.6 Å². The number of nitrogens with zero attached hydrogens (tertiary/aromatic N) is 4. The second-order valence-corrected chi connectivity index (χ2v) is 18.3. The first-order chi connectivity index (χ1) is 30.2. The van der Waals surface area contributed by atoms with Crippen LogP contribution in [0.3, 0.4) is 0 Å². The van der Waals surface area contributed by atoms with Crippen LogP contribution in [-0.2, 0) is 0 Å². The molecular formula is C54H36N4S3. The maximum absolute atomic E-state index is 2.39. The number of hydrogen-bond acceptors (Lipinski definition) is 7. The molecular weight excluding hydrogens is 801 g/mol. The minimum absolute atomic E-state index is 1.08. The van der Waals surface area contributed by atoms with Gasteiger partial charge in [0.25, 0.3) is 0 Å². The second kappa shape index (κ2) is 15.0. The van der Waals surface area contributed by atoms with Gasteiger partial charge in [0.2, 0.25) is 0 Å². The summed E-state index contributed by atoms with van der Waals surface area (Å²) in [5, 5.41) is 0. The van der Waals surface area contributed by atoms with Crippen LogP contribution in [0.5, 0.6) is 0 Å². The Balaban J connectivity index is 0.957. The molecule has 7 heteroatoms. The molecule has 4 nitrogen and oxygen atoms in total. The van der Waals surface area contributed by atoms with E-state index in [2.05, 4.69) is 238 Å². The predicted molar refractivity (Wildman–Crippen MR) is 258 cm³/mol. The highest BCUT2D eigenvalue weighted by atomic mass is 32.2. The van der Waals surface area contributed by atoms with Gasteiger partial charge in [-0.2, -0.15) is 0 Å². The molecule has 61 heavy (non-hydrogen) atoms. The van der Waals surface area contributed by atoms with Crippen molar-refractivity contribution in [1.29, 1.82) is 0 Å². The summed E-state index contributed by atoms with van der Waals surface area (Å²) in [6.45, 7) is 0. The Morgan fingerprint density at radius 1 is 0.230 bits per heavy atom. The second-order valence-electron chi connectivity index (χ2n) is 15.0. The molecule has 0 aliphatic carbocycles. The Hall–Kier alpha value is -6.77. The van der Waals surface area contributed by atoms with Gasteiger partial charge in [0.15, 0.2) is 0 Å². The summed E-state index contributed by atoms with van der Waals surface area (Å²) in [6, 6.07) is 79.2. The van der Waals surface area contributed by atoms with Crippen molar-refractivity contribution in [3.8, 4) is 0 Å². The number of hydrogen-bond donors (Lipinski definition) is 0. The molecule has 3 aliphatic heterocycles. The highest BCUT2D eigenvalue weighted by molar-refractivity contribution is 8.00. The lowest BCUT2D eigenvalue weighted by atomic mass is 10.1. The third-order valence-electron chi connectivity index (χ3n) is 11.4. The average Bonchev–Trinajstić information content (AvgIpc) is 3.32. The van der Waals surface area contributed by atoms with Gasteiger partial charge in [-0.25, -0.2) is 0 Å². The molecule has 0 atom stereocenters. The van der Waals surface area contributed by atoms with Crippen LogP contribution in [0.15, 0.2) is 248 Å². The Kier molecular flexibility index (Phi) is 8.91. The topological polar surface area (TPSA) is 13.0 Å². The number of anilines is 12. The van der Waals surface area contributed by atoms with Gasteiger partial charge in [0, 0.05) is 63.5 Å². The number of rotatable bonds is 6. The van der Waals surface area contributed by atoms with Crippen LogP contribution in [0.1, 0.15) is 0 Å². The summed E-state index contributed by atoms with van der Waals surface area (Å²) in [7, 11) is 0. The van der Waals surface area contributed by atoms with Crippen LogP contribution >= 0.6 is 35.3 Å². The van der Waals surface area contributed by atoms with Gasteiger partial charge in [0.05, 0.1) is 34.1 Å². The van der Waals surface area contributed by atoms with Crippen molar-refractivity contribution in [1.82, 2.24) is 0 Å². The zero-order valence-corrected chi connectivity index (χ0v) is 35.2. The van der Waals surface area contributed by atoms with E-state index in [0.29, 0.717) is 0 Å². The van der Waals surface area contributed by atoms with E-state index in [1.54, 1.807) is 0 Å². The van der Waals surface area contributed by atoms with Crippen molar-refractivity contribution in [2.45, 2.75) is 29.4 Å². The zero-order chi connectivity index (χ0) is 40.3. The van der Waals surface area contributed by atoms with E-state index in [0.717, 1.165) is 34.1 Å². The molecule has 0 aromatic heterocycles. The van der Waals surface area contributed by atoms with Gasteiger partial charge in [-0.15, -0.1) is 0 Å². The van der Waals surface area contributed by atoms with Crippen LogP contribution < -0.4 is 19.6 Å². The van der Waals surface area contributed by atoms with Crippen LogP contribution in [0.4, 0.5) is 68.2 Å². The fourth-order valence-corrected chi connectivity index (χ4v) is 11.8. The van der Waals surface area contributed by atoms with Gasteiger partial charge < -0.3 is 19.6 Å². The molecule has 0 amide bonds. The lowest BCUT2D eigenvalue weighted by molar-refractivity contribution is 1.16. The van der Waals surface area contributed by atoms with Gasteiger partial charge in [-0.3, -0.25) is 0 Å². The van der Waals surface area contributed by atoms with Crippen LogP contribution in [0.2, 0.25) is 0 Å². The average molecular weight is 837 g/mol. The lowest BCUT2D eigenvalue weighted by Gasteiger charge is -2.34. The Bertz CT molecular complexity index is 2620. The molecule has 0 radical (unpaired) electrons. The van der Waals surface area contributed by atoms with Crippen molar-refractivity contribution in [2.24, 2.45) is 0 Å². The molecule has 0 saturated heterocycles. The van der Waals surface area contributed by atoms with Crippen molar-refractivity contribution >= 4 is 104 Å². The highest BCUT2D eigenvalue weighted by Crippen LogP contribution is 2.54. The fraction of sp³-hybridized carbons (Fsp3) is 0. The summed E-state index contributed by atoms with van der Waals surface area (Å²) >= 11 is 5.50. The molecule has 0 spiro atoms. The minimum atomic E-state index is 1.08. The summed E-state index contributed by atoms with van der Waals surface area (Å²) in [6.07, 6.45) is 0. The third-order valence-corrected chi connectivity index (χ3v) is 14.8. The van der Waals surface area contributed by atoms with E-state index in [1.807, 2.05) is 35.3 Å². The van der Waals surface area contributed by atoms with E-state index in [4.69, 9.17) is 0 Å². The first-order valence-electron chi connectivity index (χ1n) is 20.3. The number of fused-ring (bicyclic) bond motifs is 6. The maximum Gasteiger partial charge on any atom is 0.0601 e. The molecule has 0 fully saturated rings. The fourth-order valence-electron chi connectivity index (χ4n) is 8.65. The SMILES string of the molecule is c1ccc2c(c1)Sc1ccccc1N2c1ccc(N(c2ccc(N3c4ccccc4Sc4ccccc43)cc2)c2ccc(N3c4ccccc4Sc4ccccc43)cc2)cc1. The summed E-state index contributed by atoms with van der Waals surface area (Å²) < 4.78 is 0. The minimum Gasteiger partial charge on any atom is -0.310 e. The van der Waals surface area contributed by atoms with E-state index >= 15 is 0 Å². The molecule has 0 unspecified atom stereocenters. The normalized spacial score (nSPS) is 13.3.